The number of thiophene rings is 1. The number of benzene rings is 1. The van der Waals surface area contributed by atoms with Crippen LogP contribution in [0.25, 0.3) is 27.3 Å². The van der Waals surface area contributed by atoms with E-state index in [2.05, 4.69) is 25.4 Å². The van der Waals surface area contributed by atoms with Crippen LogP contribution in [0, 0.1) is 6.92 Å². The Bertz CT molecular complexity index is 1620. The van der Waals surface area contributed by atoms with Crippen molar-refractivity contribution in [1.29, 1.82) is 0 Å². The molecule has 1 amide bonds. The summed E-state index contributed by atoms with van der Waals surface area (Å²) in [7, 11) is 0. The Hall–Kier alpha value is -3.92. The predicted octanol–water partition coefficient (Wildman–Crippen LogP) is 4.18. The van der Waals surface area contributed by atoms with E-state index in [9.17, 15) is 9.59 Å². The molecule has 0 saturated heterocycles. The summed E-state index contributed by atoms with van der Waals surface area (Å²) in [5.41, 5.74) is 3.01. The van der Waals surface area contributed by atoms with Gasteiger partial charge in [0, 0.05) is 16.1 Å². The molecule has 4 heterocycles. The minimum atomic E-state index is -0.629. The van der Waals surface area contributed by atoms with E-state index in [0.717, 1.165) is 54.6 Å². The number of aryl methyl sites for hydroxylation is 3. The maximum atomic E-state index is 12.9. The lowest BCUT2D eigenvalue weighted by molar-refractivity contribution is 0.101. The fraction of sp³-hybridized carbons (Fsp3) is 0.250. The van der Waals surface area contributed by atoms with Gasteiger partial charge in [-0.1, -0.05) is 36.8 Å². The molecule has 1 N–H and O–H groups in total. The van der Waals surface area contributed by atoms with Gasteiger partial charge in [0.25, 0.3) is 11.7 Å². The van der Waals surface area contributed by atoms with Crippen molar-refractivity contribution in [3.63, 3.8) is 0 Å². The Morgan fingerprint density at radius 2 is 1.91 bits per heavy atom. The largest absolute Gasteiger partial charge is 0.388 e. The maximum Gasteiger partial charge on any atom is 0.349 e. The summed E-state index contributed by atoms with van der Waals surface area (Å²) < 4.78 is 6.89. The lowest BCUT2D eigenvalue weighted by Crippen LogP contribution is -2.17. The normalized spacial score (nSPS) is 13.7. The highest BCUT2D eigenvalue weighted by atomic mass is 32.1. The Balaban J connectivity index is 1.35. The van der Waals surface area contributed by atoms with E-state index < -0.39 is 11.5 Å². The molecule has 34 heavy (non-hydrogen) atoms. The second-order valence-corrected chi connectivity index (χ2v) is 9.38. The van der Waals surface area contributed by atoms with Gasteiger partial charge in [-0.05, 0) is 44.2 Å². The summed E-state index contributed by atoms with van der Waals surface area (Å²) in [6.45, 7) is 1.86. The highest BCUT2D eigenvalue weighted by Gasteiger charge is 2.22. The molecule has 6 rings (SSSR count). The van der Waals surface area contributed by atoms with Gasteiger partial charge in [0.05, 0.1) is 5.69 Å². The summed E-state index contributed by atoms with van der Waals surface area (Å²) in [5.74, 6) is -0.423. The van der Waals surface area contributed by atoms with Crippen LogP contribution < -0.4 is 10.9 Å². The number of hydrogen-bond acceptors (Lipinski definition) is 8. The maximum absolute atomic E-state index is 12.9. The van der Waals surface area contributed by atoms with Crippen molar-refractivity contribution < 1.29 is 9.21 Å². The number of carbonyl (C=O) groups excluding carboxylic acids is 1. The quantitative estimate of drug-likeness (QED) is 0.392. The third kappa shape index (κ3) is 3.56. The third-order valence-corrected chi connectivity index (χ3v) is 7.12. The number of fused-ring (bicyclic) bond motifs is 4. The lowest BCUT2D eigenvalue weighted by atomic mass is 10.1. The van der Waals surface area contributed by atoms with Crippen LogP contribution in [0.1, 0.15) is 46.0 Å². The van der Waals surface area contributed by atoms with Crippen LogP contribution >= 0.6 is 11.3 Å². The molecule has 170 valence electrons. The Labute approximate surface area is 197 Å². The summed E-state index contributed by atoms with van der Waals surface area (Å²) in [6.07, 6.45) is 5.11. The Morgan fingerprint density at radius 3 is 2.76 bits per heavy atom. The molecule has 10 heteroatoms. The molecule has 9 nitrogen and oxygen atoms in total. The zero-order valence-corrected chi connectivity index (χ0v) is 19.2. The van der Waals surface area contributed by atoms with Crippen molar-refractivity contribution in [1.82, 2.24) is 24.6 Å². The van der Waals surface area contributed by atoms with Gasteiger partial charge in [-0.3, -0.25) is 10.1 Å². The minimum absolute atomic E-state index is 0.0956. The first-order chi connectivity index (χ1) is 16.6. The van der Waals surface area contributed by atoms with E-state index in [-0.39, 0.29) is 11.8 Å². The number of nitrogens with one attached hydrogen (secondary N) is 1. The zero-order chi connectivity index (χ0) is 23.2. The highest BCUT2D eigenvalue weighted by Crippen LogP contribution is 2.33. The average Bonchev–Trinajstić information content (AvgIpc) is 3.33. The van der Waals surface area contributed by atoms with Crippen molar-refractivity contribution in [3.8, 4) is 11.3 Å². The molecule has 0 spiro atoms. The number of aromatic nitrogens is 5. The van der Waals surface area contributed by atoms with Gasteiger partial charge in [0.15, 0.2) is 0 Å². The van der Waals surface area contributed by atoms with E-state index in [0.29, 0.717) is 16.0 Å². The van der Waals surface area contributed by atoms with Crippen molar-refractivity contribution >= 4 is 39.3 Å². The van der Waals surface area contributed by atoms with E-state index in [4.69, 9.17) is 4.42 Å². The fourth-order valence-electron chi connectivity index (χ4n) is 4.38. The van der Waals surface area contributed by atoms with Crippen molar-refractivity contribution in [2.75, 3.05) is 5.32 Å². The van der Waals surface area contributed by atoms with E-state index >= 15 is 0 Å². The second kappa shape index (κ2) is 8.14. The van der Waals surface area contributed by atoms with E-state index in [1.807, 2.05) is 43.3 Å². The topological polar surface area (TPSA) is 115 Å². The van der Waals surface area contributed by atoms with Crippen molar-refractivity contribution in [3.05, 3.63) is 68.8 Å². The average molecular weight is 473 g/mol. The zero-order valence-electron chi connectivity index (χ0n) is 18.4. The molecule has 0 bridgehead atoms. The smallest absolute Gasteiger partial charge is 0.349 e. The van der Waals surface area contributed by atoms with Crippen LogP contribution in [0.2, 0.25) is 0 Å². The monoisotopic (exact) mass is 472 g/mol. The standard InChI is InChI=1S/C24H20N6O3S/c1-13-12-16(14-8-4-2-5-9-14)30-23(25-13)26-19(29-30)20(31)27-24-28-21-18(22(32)33-24)15-10-6-3-7-11-17(15)34-21/h2,4-5,8-9,12H,3,6-7,10-11H2,1H3,(H,27,28,31). The van der Waals surface area contributed by atoms with Gasteiger partial charge in [0.1, 0.15) is 10.2 Å². The third-order valence-electron chi connectivity index (χ3n) is 5.93. The summed E-state index contributed by atoms with van der Waals surface area (Å²) in [4.78, 5) is 40.5. The molecule has 0 atom stereocenters. The van der Waals surface area contributed by atoms with Crippen LogP contribution in [0.4, 0.5) is 6.01 Å². The molecule has 1 aliphatic rings. The summed E-state index contributed by atoms with van der Waals surface area (Å²) in [5, 5.41) is 7.44. The number of anilines is 1. The lowest BCUT2D eigenvalue weighted by Gasteiger charge is -2.04. The van der Waals surface area contributed by atoms with Crippen molar-refractivity contribution in [2.24, 2.45) is 0 Å². The molecule has 4 aromatic heterocycles. The molecule has 0 saturated carbocycles. The first-order valence-electron chi connectivity index (χ1n) is 11.1. The van der Waals surface area contributed by atoms with Gasteiger partial charge in [-0.25, -0.2) is 9.78 Å². The number of rotatable bonds is 3. The summed E-state index contributed by atoms with van der Waals surface area (Å²) >= 11 is 1.50. The molecule has 0 radical (unpaired) electrons. The van der Waals surface area contributed by atoms with Gasteiger partial charge >= 0.3 is 11.6 Å². The van der Waals surface area contributed by atoms with Crippen LogP contribution in [0.5, 0.6) is 0 Å². The van der Waals surface area contributed by atoms with Gasteiger partial charge < -0.3 is 4.42 Å². The van der Waals surface area contributed by atoms with Gasteiger partial charge in [0.2, 0.25) is 5.82 Å². The number of amides is 1. The fourth-order valence-corrected chi connectivity index (χ4v) is 5.62. The Morgan fingerprint density at radius 1 is 1.09 bits per heavy atom. The van der Waals surface area contributed by atoms with Crippen LogP contribution in [0.15, 0.2) is 45.6 Å². The van der Waals surface area contributed by atoms with Gasteiger partial charge in [-0.15, -0.1) is 16.4 Å². The molecule has 1 aromatic carbocycles. The molecule has 1 aliphatic carbocycles. The van der Waals surface area contributed by atoms with Crippen LogP contribution in [-0.2, 0) is 12.8 Å². The highest BCUT2D eigenvalue weighted by molar-refractivity contribution is 7.18. The van der Waals surface area contributed by atoms with Crippen LogP contribution in [0.3, 0.4) is 0 Å². The van der Waals surface area contributed by atoms with E-state index in [1.165, 1.54) is 20.7 Å². The molecule has 5 aromatic rings. The first-order valence-corrected chi connectivity index (χ1v) is 11.9. The number of nitrogens with zero attached hydrogens (tertiary/aromatic N) is 5. The molecule has 0 aliphatic heterocycles. The van der Waals surface area contributed by atoms with Crippen molar-refractivity contribution in [2.45, 2.75) is 39.0 Å². The van der Waals surface area contributed by atoms with Gasteiger partial charge in [-0.2, -0.15) is 14.5 Å². The first kappa shape index (κ1) is 20.7. The molecular weight excluding hydrogens is 452 g/mol. The molecule has 0 unspecified atom stereocenters. The second-order valence-electron chi connectivity index (χ2n) is 8.30. The summed E-state index contributed by atoms with van der Waals surface area (Å²) in [6, 6.07) is 11.4. The SMILES string of the molecule is Cc1cc(-c2ccccc2)n2nc(C(=O)Nc3nc4sc5c(c4c(=O)o3)CCCCC5)nc2n1. The van der Waals surface area contributed by atoms with Crippen LogP contribution in [-0.4, -0.2) is 30.5 Å². The number of carbonyl (C=O) groups is 1. The molecule has 0 fully saturated rings. The molecular formula is C24H20N6O3S. The minimum Gasteiger partial charge on any atom is -0.388 e. The number of hydrogen-bond donors (Lipinski definition) is 1. The Kier molecular flexibility index (Phi) is 4.95. The predicted molar refractivity (Wildman–Crippen MR) is 128 cm³/mol. The van der Waals surface area contributed by atoms with E-state index in [1.54, 1.807) is 0 Å².